The summed E-state index contributed by atoms with van der Waals surface area (Å²) in [7, 11) is 0. The molecule has 6 rings (SSSR count). The second kappa shape index (κ2) is 9.45. The fraction of sp³-hybridized carbons (Fsp3) is 0.310. The number of pyridine rings is 1. The van der Waals surface area contributed by atoms with Crippen molar-refractivity contribution in [3.63, 3.8) is 0 Å². The van der Waals surface area contributed by atoms with E-state index in [4.69, 9.17) is 0 Å². The molecule has 0 saturated carbocycles. The van der Waals surface area contributed by atoms with E-state index < -0.39 is 0 Å². The van der Waals surface area contributed by atoms with Crippen LogP contribution in [0.25, 0.3) is 10.9 Å². The molecule has 2 aliphatic rings. The van der Waals surface area contributed by atoms with Crippen molar-refractivity contribution in [2.75, 3.05) is 24.5 Å². The van der Waals surface area contributed by atoms with Gasteiger partial charge in [0.1, 0.15) is 5.82 Å². The molecule has 4 aromatic rings. The molecule has 1 saturated heterocycles. The number of hydrogen-bond acceptors (Lipinski definition) is 3. The van der Waals surface area contributed by atoms with Crippen LogP contribution in [0.5, 0.6) is 0 Å². The van der Waals surface area contributed by atoms with Gasteiger partial charge in [-0.25, -0.2) is 9.78 Å². The number of carbonyl (C=O) groups is 1. The summed E-state index contributed by atoms with van der Waals surface area (Å²) in [6.07, 6.45) is 7.06. The molecule has 2 aromatic heterocycles. The summed E-state index contributed by atoms with van der Waals surface area (Å²) in [4.78, 5) is 25.1. The summed E-state index contributed by atoms with van der Waals surface area (Å²) >= 11 is 0. The summed E-state index contributed by atoms with van der Waals surface area (Å²) in [5.41, 5.74) is 6.41. The number of H-pyrrole nitrogens is 1. The lowest BCUT2D eigenvalue weighted by molar-refractivity contribution is 0.181. The third kappa shape index (κ3) is 4.48. The van der Waals surface area contributed by atoms with Gasteiger partial charge in [0.2, 0.25) is 0 Å². The number of benzene rings is 2. The molecule has 0 atom stereocenters. The van der Waals surface area contributed by atoms with Gasteiger partial charge in [-0.05, 0) is 59.6 Å². The van der Waals surface area contributed by atoms with Gasteiger partial charge in [-0.15, -0.1) is 0 Å². The highest BCUT2D eigenvalue weighted by atomic mass is 16.2. The van der Waals surface area contributed by atoms with E-state index in [1.54, 1.807) is 0 Å². The molecule has 2 aromatic carbocycles. The predicted octanol–water partition coefficient (Wildman–Crippen LogP) is 5.21. The Morgan fingerprint density at radius 2 is 1.77 bits per heavy atom. The first kappa shape index (κ1) is 21.7. The fourth-order valence-corrected chi connectivity index (χ4v) is 5.51. The van der Waals surface area contributed by atoms with E-state index in [9.17, 15) is 4.79 Å². The molecule has 0 radical (unpaired) electrons. The smallest absolute Gasteiger partial charge is 0.317 e. The topological polar surface area (TPSA) is 64.3 Å². The van der Waals surface area contributed by atoms with E-state index in [0.29, 0.717) is 12.5 Å². The number of anilines is 1. The Bertz CT molecular complexity index is 1320. The molecule has 6 heteroatoms. The number of aromatic amines is 1. The summed E-state index contributed by atoms with van der Waals surface area (Å²) in [6, 6.07) is 21.3. The molecule has 2 aliphatic heterocycles. The number of fused-ring (bicyclic) bond motifs is 2. The van der Waals surface area contributed by atoms with Crippen LogP contribution in [0.4, 0.5) is 10.6 Å². The van der Waals surface area contributed by atoms with Crippen LogP contribution in [0, 0.1) is 0 Å². The third-order valence-electron chi connectivity index (χ3n) is 7.55. The number of aromatic nitrogens is 2. The number of nitrogens with zero attached hydrogens (tertiary/aromatic N) is 3. The van der Waals surface area contributed by atoms with E-state index in [1.165, 1.54) is 27.6 Å². The van der Waals surface area contributed by atoms with Crippen LogP contribution in [-0.2, 0) is 19.5 Å². The Labute approximate surface area is 206 Å². The van der Waals surface area contributed by atoms with Gasteiger partial charge >= 0.3 is 6.03 Å². The number of carbonyl (C=O) groups excluding carboxylic acids is 1. The second-order valence-corrected chi connectivity index (χ2v) is 9.67. The van der Waals surface area contributed by atoms with Crippen molar-refractivity contribution in [1.29, 1.82) is 0 Å². The number of urea groups is 1. The Morgan fingerprint density at radius 3 is 2.60 bits per heavy atom. The van der Waals surface area contributed by atoms with E-state index in [2.05, 4.69) is 87.0 Å². The van der Waals surface area contributed by atoms with Crippen LogP contribution in [-0.4, -0.2) is 40.5 Å². The fourth-order valence-electron chi connectivity index (χ4n) is 5.51. The van der Waals surface area contributed by atoms with Gasteiger partial charge in [-0.1, -0.05) is 48.5 Å². The highest BCUT2D eigenvalue weighted by Crippen LogP contribution is 2.33. The highest BCUT2D eigenvalue weighted by molar-refractivity contribution is 5.83. The summed E-state index contributed by atoms with van der Waals surface area (Å²) in [6.45, 7) is 3.94. The van der Waals surface area contributed by atoms with E-state index in [0.717, 1.165) is 56.8 Å². The third-order valence-corrected chi connectivity index (χ3v) is 7.55. The van der Waals surface area contributed by atoms with Crippen LogP contribution in [0.2, 0.25) is 0 Å². The monoisotopic (exact) mass is 465 g/mol. The summed E-state index contributed by atoms with van der Waals surface area (Å²) in [5, 5.41) is 4.39. The molecule has 178 valence electrons. The maximum absolute atomic E-state index is 12.8. The van der Waals surface area contributed by atoms with Gasteiger partial charge < -0.3 is 20.1 Å². The molecule has 4 heterocycles. The first-order chi connectivity index (χ1) is 17.2. The molecule has 0 spiro atoms. The molecule has 0 unspecified atom stereocenters. The molecule has 0 aliphatic carbocycles. The van der Waals surface area contributed by atoms with Crippen LogP contribution in [0.3, 0.4) is 0 Å². The van der Waals surface area contributed by atoms with Gasteiger partial charge in [-0.2, -0.15) is 0 Å². The van der Waals surface area contributed by atoms with E-state index in [-0.39, 0.29) is 6.03 Å². The minimum absolute atomic E-state index is 0.0130. The number of nitrogens with one attached hydrogen (secondary N) is 2. The van der Waals surface area contributed by atoms with Crippen LogP contribution < -0.4 is 10.2 Å². The summed E-state index contributed by atoms with van der Waals surface area (Å²) in [5.74, 6) is 1.49. The van der Waals surface area contributed by atoms with Crippen LogP contribution in [0.15, 0.2) is 73.1 Å². The Hall–Kier alpha value is -3.80. The normalized spacial score (nSPS) is 16.3. The highest BCUT2D eigenvalue weighted by Gasteiger charge is 2.25. The van der Waals surface area contributed by atoms with E-state index in [1.807, 2.05) is 11.1 Å². The summed E-state index contributed by atoms with van der Waals surface area (Å²) < 4.78 is 0. The minimum atomic E-state index is 0.0130. The maximum Gasteiger partial charge on any atom is 0.317 e. The maximum atomic E-state index is 12.8. The molecule has 2 N–H and O–H groups in total. The average molecular weight is 466 g/mol. The van der Waals surface area contributed by atoms with Crippen molar-refractivity contribution in [2.24, 2.45) is 0 Å². The van der Waals surface area contributed by atoms with Crippen LogP contribution >= 0.6 is 0 Å². The molecule has 6 nitrogen and oxygen atoms in total. The lowest BCUT2D eigenvalue weighted by Gasteiger charge is -2.32. The lowest BCUT2D eigenvalue weighted by atomic mass is 9.89. The number of para-hydroxylation sites is 1. The standard InChI is InChI=1S/C29H31N5O/c35-29(33-14-12-23(13-15-33)26-19-30-27-8-4-3-7-25(26)27)32-18-21-9-10-28(31-17-21)34-16-11-22-5-1-2-6-24(22)20-34/h1-10,17,19,23,30H,11-16,18,20H2,(H,32,35). The molecular formula is C29H31N5O. The lowest BCUT2D eigenvalue weighted by Crippen LogP contribution is -2.43. The first-order valence-corrected chi connectivity index (χ1v) is 12.6. The Kier molecular flexibility index (Phi) is 5.86. The Morgan fingerprint density at radius 1 is 0.971 bits per heavy atom. The minimum Gasteiger partial charge on any atom is -0.361 e. The van der Waals surface area contributed by atoms with Crippen molar-refractivity contribution in [1.82, 2.24) is 20.2 Å². The molecule has 1 fully saturated rings. The number of amides is 2. The quantitative estimate of drug-likeness (QED) is 0.435. The average Bonchev–Trinajstić information content (AvgIpc) is 3.36. The SMILES string of the molecule is O=C(NCc1ccc(N2CCc3ccccc3C2)nc1)N1CCC(c2c[nH]c3ccccc23)CC1. The van der Waals surface area contributed by atoms with Crippen molar-refractivity contribution < 1.29 is 4.79 Å². The van der Waals surface area contributed by atoms with Crippen molar-refractivity contribution in [3.05, 3.63) is 95.3 Å². The molecular weight excluding hydrogens is 434 g/mol. The largest absolute Gasteiger partial charge is 0.361 e. The predicted molar refractivity (Wildman–Crippen MR) is 140 cm³/mol. The van der Waals surface area contributed by atoms with Crippen LogP contribution in [0.1, 0.15) is 41.0 Å². The van der Waals surface area contributed by atoms with Gasteiger partial charge in [0, 0.05) is 56.0 Å². The van der Waals surface area contributed by atoms with Gasteiger partial charge in [0.05, 0.1) is 0 Å². The van der Waals surface area contributed by atoms with Gasteiger partial charge in [-0.3, -0.25) is 0 Å². The number of hydrogen-bond donors (Lipinski definition) is 2. The number of likely N-dealkylation sites (tertiary alicyclic amines) is 1. The van der Waals surface area contributed by atoms with Gasteiger partial charge in [0.15, 0.2) is 0 Å². The molecule has 0 bridgehead atoms. The second-order valence-electron chi connectivity index (χ2n) is 9.67. The first-order valence-electron chi connectivity index (χ1n) is 12.6. The number of piperidine rings is 1. The van der Waals surface area contributed by atoms with E-state index >= 15 is 0 Å². The van der Waals surface area contributed by atoms with Gasteiger partial charge in [0.25, 0.3) is 0 Å². The number of rotatable bonds is 4. The van der Waals surface area contributed by atoms with Crippen molar-refractivity contribution >= 4 is 22.8 Å². The zero-order valence-electron chi connectivity index (χ0n) is 19.9. The Balaban J connectivity index is 1.00. The molecule has 35 heavy (non-hydrogen) atoms. The molecule has 2 amide bonds. The zero-order valence-corrected chi connectivity index (χ0v) is 19.9. The van der Waals surface area contributed by atoms with Crippen molar-refractivity contribution in [2.45, 2.75) is 38.3 Å². The zero-order chi connectivity index (χ0) is 23.6. The van der Waals surface area contributed by atoms with Crippen molar-refractivity contribution in [3.8, 4) is 0 Å².